The lowest BCUT2D eigenvalue weighted by Gasteiger charge is -2.26. The average Bonchev–Trinajstić information content (AvgIpc) is 3.00. The first-order valence-corrected chi connectivity index (χ1v) is 9.02. The van der Waals surface area contributed by atoms with E-state index >= 15 is 0 Å². The zero-order valence-electron chi connectivity index (χ0n) is 15.4. The Morgan fingerprint density at radius 1 is 1.34 bits per heavy atom. The van der Waals surface area contributed by atoms with Crippen molar-refractivity contribution in [2.24, 2.45) is 5.73 Å². The number of nitrogens with two attached hydrogens (primary N) is 1. The third-order valence-electron chi connectivity index (χ3n) is 4.67. The van der Waals surface area contributed by atoms with E-state index in [4.69, 9.17) is 22.1 Å². The second-order valence-electron chi connectivity index (χ2n) is 6.61. The summed E-state index contributed by atoms with van der Waals surface area (Å²) >= 11 is 5.95. The number of benzene rings is 1. The number of methoxy groups -OCH3 is 1. The van der Waals surface area contributed by atoms with E-state index in [2.05, 4.69) is 5.10 Å². The van der Waals surface area contributed by atoms with Gasteiger partial charge in [0, 0.05) is 41.2 Å². The molecule has 1 aliphatic rings. The van der Waals surface area contributed by atoms with Gasteiger partial charge in [-0.1, -0.05) is 11.6 Å². The van der Waals surface area contributed by atoms with Crippen LogP contribution in [0.5, 0.6) is 5.75 Å². The van der Waals surface area contributed by atoms with Crippen molar-refractivity contribution in [2.75, 3.05) is 13.7 Å². The van der Waals surface area contributed by atoms with Crippen LogP contribution in [0.15, 0.2) is 18.2 Å². The number of alkyl halides is 3. The lowest BCUT2D eigenvalue weighted by Crippen LogP contribution is -2.40. The number of halogens is 4. The van der Waals surface area contributed by atoms with Gasteiger partial charge in [-0.3, -0.25) is 9.48 Å². The molecular weight excluding hydrogens is 413 g/mol. The summed E-state index contributed by atoms with van der Waals surface area (Å²) in [6.45, 7) is -0.484. The van der Waals surface area contributed by atoms with Gasteiger partial charge < -0.3 is 15.4 Å². The van der Waals surface area contributed by atoms with Crippen LogP contribution in [-0.4, -0.2) is 40.1 Å². The number of ketones is 1. The first-order chi connectivity index (χ1) is 13.6. The van der Waals surface area contributed by atoms with E-state index < -0.39 is 17.9 Å². The average molecular weight is 431 g/mol. The van der Waals surface area contributed by atoms with Crippen LogP contribution in [0.1, 0.15) is 22.5 Å². The van der Waals surface area contributed by atoms with Gasteiger partial charge in [-0.15, -0.1) is 0 Å². The van der Waals surface area contributed by atoms with Gasteiger partial charge in [-0.05, 0) is 18.2 Å². The van der Waals surface area contributed by atoms with Crippen molar-refractivity contribution < 1.29 is 27.5 Å². The fraction of sp³-hybridized carbons (Fsp3) is 0.389. The predicted molar refractivity (Wildman–Crippen MR) is 97.6 cm³/mol. The first-order valence-electron chi connectivity index (χ1n) is 8.64. The second kappa shape index (κ2) is 7.94. The zero-order valence-corrected chi connectivity index (χ0v) is 16.2. The van der Waals surface area contributed by atoms with Gasteiger partial charge in [0.2, 0.25) is 0 Å². The zero-order chi connectivity index (χ0) is 21.3. The van der Waals surface area contributed by atoms with Crippen LogP contribution in [0.2, 0.25) is 5.02 Å². The van der Waals surface area contributed by atoms with Crippen molar-refractivity contribution >= 4 is 23.4 Å². The summed E-state index contributed by atoms with van der Waals surface area (Å²) in [5.41, 5.74) is 4.77. The van der Waals surface area contributed by atoms with E-state index in [1.807, 2.05) is 0 Å². The molecule has 0 radical (unpaired) electrons. The molecule has 1 aliphatic heterocycles. The molecule has 0 saturated carbocycles. The molecule has 1 aromatic heterocycles. The summed E-state index contributed by atoms with van der Waals surface area (Å²) in [5.74, 6) is 0.0975. The van der Waals surface area contributed by atoms with Crippen molar-refractivity contribution in [3.8, 4) is 5.75 Å². The van der Waals surface area contributed by atoms with Gasteiger partial charge in [0.15, 0.2) is 11.5 Å². The molecule has 0 atom stereocenters. The summed E-state index contributed by atoms with van der Waals surface area (Å²) in [6.07, 6.45) is -4.67. The number of urea groups is 1. The van der Waals surface area contributed by atoms with Gasteiger partial charge in [0.25, 0.3) is 0 Å². The molecule has 0 unspecified atom stereocenters. The van der Waals surface area contributed by atoms with E-state index in [9.17, 15) is 22.8 Å². The standard InChI is InChI=1S/C18H18ClF3N4O3/c1-29-15-3-2-11(19)6-10(15)7-12(27)8-26-14-4-5-25(17(23)28)9-13(14)16(24-26)18(20,21)22/h2-3,6H,4-5,7-9H2,1H3,(H2,23,28). The molecule has 7 nitrogen and oxygen atoms in total. The lowest BCUT2D eigenvalue weighted by atomic mass is 10.0. The molecule has 2 amide bonds. The maximum absolute atomic E-state index is 13.4. The monoisotopic (exact) mass is 430 g/mol. The summed E-state index contributed by atoms with van der Waals surface area (Å²) in [5, 5.41) is 4.05. The molecule has 2 aromatic rings. The van der Waals surface area contributed by atoms with Crippen molar-refractivity contribution in [1.29, 1.82) is 0 Å². The number of carbonyl (C=O) groups excluding carboxylic acids is 2. The quantitative estimate of drug-likeness (QED) is 0.789. The molecule has 0 fully saturated rings. The third-order valence-corrected chi connectivity index (χ3v) is 4.91. The lowest BCUT2D eigenvalue weighted by molar-refractivity contribution is -0.142. The van der Waals surface area contributed by atoms with Crippen LogP contribution < -0.4 is 10.5 Å². The number of hydrogen-bond acceptors (Lipinski definition) is 4. The molecule has 2 N–H and O–H groups in total. The maximum Gasteiger partial charge on any atom is 0.435 e. The smallest absolute Gasteiger partial charge is 0.435 e. The number of primary amides is 1. The minimum Gasteiger partial charge on any atom is -0.496 e. The van der Waals surface area contributed by atoms with E-state index in [0.29, 0.717) is 16.3 Å². The summed E-state index contributed by atoms with van der Waals surface area (Å²) in [7, 11) is 1.45. The van der Waals surface area contributed by atoms with Gasteiger partial charge in [-0.2, -0.15) is 18.3 Å². The molecule has 0 spiro atoms. The Bertz CT molecular complexity index is 959. The molecule has 29 heavy (non-hydrogen) atoms. The third kappa shape index (κ3) is 4.47. The number of nitrogens with zero attached hydrogens (tertiary/aromatic N) is 3. The summed E-state index contributed by atoms with van der Waals surface area (Å²) < 4.78 is 46.5. The minimum atomic E-state index is -4.71. The molecule has 156 valence electrons. The van der Waals surface area contributed by atoms with E-state index in [1.54, 1.807) is 18.2 Å². The highest BCUT2D eigenvalue weighted by Gasteiger charge is 2.41. The SMILES string of the molecule is COc1ccc(Cl)cc1CC(=O)Cn1nc(C(F)(F)F)c2c1CCN(C(N)=O)C2. The Morgan fingerprint density at radius 2 is 2.07 bits per heavy atom. The number of fused-ring (bicyclic) bond motifs is 1. The Labute approximate surface area is 169 Å². The molecular formula is C18H18ClF3N4O3. The van der Waals surface area contributed by atoms with Crippen LogP contribution in [0, 0.1) is 0 Å². The Morgan fingerprint density at radius 3 is 2.69 bits per heavy atom. The molecule has 2 heterocycles. The topological polar surface area (TPSA) is 90.5 Å². The predicted octanol–water partition coefficient (Wildman–Crippen LogP) is 2.81. The van der Waals surface area contributed by atoms with Crippen molar-refractivity contribution in [3.05, 3.63) is 45.7 Å². The molecule has 0 aliphatic carbocycles. The van der Waals surface area contributed by atoms with E-state index in [-0.39, 0.29) is 49.5 Å². The van der Waals surface area contributed by atoms with Gasteiger partial charge >= 0.3 is 12.2 Å². The largest absolute Gasteiger partial charge is 0.496 e. The number of ether oxygens (including phenoxy) is 1. The van der Waals surface area contributed by atoms with E-state index in [0.717, 1.165) is 9.58 Å². The van der Waals surface area contributed by atoms with Gasteiger partial charge in [0.05, 0.1) is 13.7 Å². The fourth-order valence-electron chi connectivity index (χ4n) is 3.36. The van der Waals surface area contributed by atoms with Crippen molar-refractivity contribution in [2.45, 2.75) is 32.1 Å². The van der Waals surface area contributed by atoms with Gasteiger partial charge in [0.1, 0.15) is 12.3 Å². The molecule has 1 aromatic carbocycles. The van der Waals surface area contributed by atoms with Crippen LogP contribution in [0.4, 0.5) is 18.0 Å². The highest BCUT2D eigenvalue weighted by atomic mass is 35.5. The van der Waals surface area contributed by atoms with Crippen LogP contribution in [0.25, 0.3) is 0 Å². The van der Waals surface area contributed by atoms with Crippen LogP contribution in [-0.2, 0) is 36.9 Å². The second-order valence-corrected chi connectivity index (χ2v) is 7.05. The van der Waals surface area contributed by atoms with Gasteiger partial charge in [-0.25, -0.2) is 4.79 Å². The number of rotatable bonds is 5. The van der Waals surface area contributed by atoms with Crippen molar-refractivity contribution in [1.82, 2.24) is 14.7 Å². The first kappa shape index (κ1) is 21.0. The van der Waals surface area contributed by atoms with E-state index in [1.165, 1.54) is 7.11 Å². The number of Topliss-reactive ketones (excluding diaryl/α,β-unsaturated/α-hetero) is 1. The van der Waals surface area contributed by atoms with Crippen LogP contribution in [0.3, 0.4) is 0 Å². The number of amides is 2. The fourth-order valence-corrected chi connectivity index (χ4v) is 3.55. The number of hydrogen-bond donors (Lipinski definition) is 1. The Hall–Kier alpha value is -2.75. The maximum atomic E-state index is 13.4. The van der Waals surface area contributed by atoms with Crippen LogP contribution >= 0.6 is 11.6 Å². The molecule has 11 heteroatoms. The molecule has 0 bridgehead atoms. The summed E-state index contributed by atoms with van der Waals surface area (Å²) in [6, 6.07) is 3.99. The molecule has 3 rings (SSSR count). The Balaban J connectivity index is 1.87. The highest BCUT2D eigenvalue weighted by Crippen LogP contribution is 2.35. The molecule has 0 saturated heterocycles. The summed E-state index contributed by atoms with van der Waals surface area (Å²) in [4.78, 5) is 25.0. The number of aromatic nitrogens is 2. The normalized spacial score (nSPS) is 13.9. The highest BCUT2D eigenvalue weighted by molar-refractivity contribution is 6.30. The van der Waals surface area contributed by atoms with Crippen molar-refractivity contribution in [3.63, 3.8) is 0 Å². The minimum absolute atomic E-state index is 0.0763. The Kier molecular flexibility index (Phi) is 5.74. The number of carbonyl (C=O) groups is 2.